The summed E-state index contributed by atoms with van der Waals surface area (Å²) in [4.78, 5) is 0. The molecule has 1 heterocycles. The highest BCUT2D eigenvalue weighted by atomic mass is 32.2. The van der Waals surface area contributed by atoms with Crippen molar-refractivity contribution in [2.75, 3.05) is 11.5 Å². The predicted octanol–water partition coefficient (Wildman–Crippen LogP) is 1.13. The molecule has 1 aliphatic heterocycles. The van der Waals surface area contributed by atoms with Gasteiger partial charge in [0.25, 0.3) is 0 Å². The van der Waals surface area contributed by atoms with E-state index >= 15 is 0 Å². The maximum absolute atomic E-state index is 10.3. The molecule has 0 radical (unpaired) electrons. The molecule has 0 atom stereocenters. The molecule has 1 aliphatic carbocycles. The van der Waals surface area contributed by atoms with E-state index in [2.05, 4.69) is 0 Å². The molecule has 2 nitrogen and oxygen atoms in total. The molecule has 0 amide bonds. The first-order valence-corrected chi connectivity index (χ1v) is 5.91. The van der Waals surface area contributed by atoms with Gasteiger partial charge in [0.2, 0.25) is 0 Å². The van der Waals surface area contributed by atoms with Crippen molar-refractivity contribution < 1.29 is 5.11 Å². The van der Waals surface area contributed by atoms with Crippen molar-refractivity contribution in [3.05, 3.63) is 0 Å². The summed E-state index contributed by atoms with van der Waals surface area (Å²) in [5, 5.41) is 10.3. The van der Waals surface area contributed by atoms with E-state index in [0.29, 0.717) is 0 Å². The summed E-state index contributed by atoms with van der Waals surface area (Å²) in [6.07, 6.45) is 5.04. The van der Waals surface area contributed by atoms with Gasteiger partial charge in [-0.2, -0.15) is 11.8 Å². The number of nitrogens with two attached hydrogens (primary N) is 1. The van der Waals surface area contributed by atoms with Gasteiger partial charge in [0.1, 0.15) is 0 Å². The third kappa shape index (κ3) is 1.19. The molecule has 0 bridgehead atoms. The molecule has 2 aliphatic rings. The summed E-state index contributed by atoms with van der Waals surface area (Å²) < 4.78 is 0. The molecular formula is C9H17NOS. The van der Waals surface area contributed by atoms with Crippen LogP contribution in [0, 0.1) is 0 Å². The minimum absolute atomic E-state index is 0.228. The first kappa shape index (κ1) is 8.85. The number of aliphatic hydroxyl groups is 1. The zero-order chi connectivity index (χ0) is 8.66. The molecule has 0 unspecified atom stereocenters. The van der Waals surface area contributed by atoms with Gasteiger partial charge < -0.3 is 10.8 Å². The van der Waals surface area contributed by atoms with E-state index in [9.17, 15) is 5.11 Å². The zero-order valence-electron chi connectivity index (χ0n) is 7.38. The van der Waals surface area contributed by atoms with Crippen LogP contribution in [0.1, 0.15) is 32.1 Å². The smallest absolute Gasteiger partial charge is 0.0842 e. The predicted molar refractivity (Wildman–Crippen MR) is 52.3 cm³/mol. The van der Waals surface area contributed by atoms with E-state index in [1.54, 1.807) is 0 Å². The van der Waals surface area contributed by atoms with Crippen LogP contribution in [0.15, 0.2) is 0 Å². The third-order valence-corrected chi connectivity index (χ3v) is 4.48. The van der Waals surface area contributed by atoms with Crippen LogP contribution in [-0.4, -0.2) is 27.8 Å². The first-order valence-electron chi connectivity index (χ1n) is 4.75. The fourth-order valence-corrected chi connectivity index (χ4v) is 3.40. The molecule has 0 aromatic rings. The first-order chi connectivity index (χ1) is 5.66. The largest absolute Gasteiger partial charge is 0.388 e. The fourth-order valence-electron chi connectivity index (χ4n) is 2.23. The Hall–Kier alpha value is 0.270. The Morgan fingerprint density at radius 2 is 1.67 bits per heavy atom. The Kier molecular flexibility index (Phi) is 2.13. The highest BCUT2D eigenvalue weighted by molar-refractivity contribution is 7.99. The van der Waals surface area contributed by atoms with Gasteiger partial charge in [-0.3, -0.25) is 0 Å². The highest BCUT2D eigenvalue weighted by Crippen LogP contribution is 2.45. The second-order valence-electron chi connectivity index (χ2n) is 4.15. The minimum Gasteiger partial charge on any atom is -0.388 e. The lowest BCUT2D eigenvalue weighted by Gasteiger charge is -2.52. The molecule has 70 valence electrons. The van der Waals surface area contributed by atoms with Crippen LogP contribution in [-0.2, 0) is 0 Å². The Labute approximate surface area is 77.9 Å². The molecule has 0 aromatic carbocycles. The number of thioether (sulfide) groups is 1. The van der Waals surface area contributed by atoms with Crippen LogP contribution in [0.3, 0.4) is 0 Å². The lowest BCUT2D eigenvalue weighted by Crippen LogP contribution is -2.65. The van der Waals surface area contributed by atoms with E-state index in [1.807, 2.05) is 11.8 Å². The van der Waals surface area contributed by atoms with Crippen LogP contribution < -0.4 is 5.73 Å². The van der Waals surface area contributed by atoms with Crippen molar-refractivity contribution in [2.24, 2.45) is 5.73 Å². The standard InChI is InChI=1S/C9H17NOS/c10-8(2-1-3-8)9(11)4-6-12-7-5-9/h11H,1-7,10H2. The molecule has 2 fully saturated rings. The summed E-state index contributed by atoms with van der Waals surface area (Å²) in [6, 6.07) is 0. The lowest BCUT2D eigenvalue weighted by molar-refractivity contribution is -0.0760. The SMILES string of the molecule is NC1(C2(O)CCSCC2)CCC1. The molecule has 0 spiro atoms. The van der Waals surface area contributed by atoms with E-state index in [1.165, 1.54) is 6.42 Å². The van der Waals surface area contributed by atoms with Crippen molar-refractivity contribution in [3.8, 4) is 0 Å². The molecule has 1 saturated heterocycles. The summed E-state index contributed by atoms with van der Waals surface area (Å²) in [6.45, 7) is 0. The van der Waals surface area contributed by atoms with Gasteiger partial charge in [0, 0.05) is 5.54 Å². The Bertz CT molecular complexity index is 173. The second-order valence-corrected chi connectivity index (χ2v) is 5.38. The average Bonchev–Trinajstić information content (AvgIpc) is 2.01. The molecule has 0 aromatic heterocycles. The van der Waals surface area contributed by atoms with Crippen LogP contribution in [0.4, 0.5) is 0 Å². The Balaban J connectivity index is 2.07. The fraction of sp³-hybridized carbons (Fsp3) is 1.00. The minimum atomic E-state index is -0.531. The molecule has 12 heavy (non-hydrogen) atoms. The van der Waals surface area contributed by atoms with Gasteiger partial charge in [-0.25, -0.2) is 0 Å². The van der Waals surface area contributed by atoms with Gasteiger partial charge in [0.15, 0.2) is 0 Å². The maximum atomic E-state index is 10.3. The third-order valence-electron chi connectivity index (χ3n) is 3.49. The lowest BCUT2D eigenvalue weighted by atomic mass is 9.64. The van der Waals surface area contributed by atoms with Crippen molar-refractivity contribution in [2.45, 2.75) is 43.2 Å². The number of hydrogen-bond donors (Lipinski definition) is 2. The number of hydrogen-bond acceptors (Lipinski definition) is 3. The Morgan fingerprint density at radius 1 is 1.08 bits per heavy atom. The van der Waals surface area contributed by atoms with Crippen LogP contribution in [0.5, 0.6) is 0 Å². The summed E-state index contributed by atoms with van der Waals surface area (Å²) >= 11 is 1.93. The van der Waals surface area contributed by atoms with Gasteiger partial charge in [-0.15, -0.1) is 0 Å². The summed E-state index contributed by atoms with van der Waals surface area (Å²) in [7, 11) is 0. The van der Waals surface area contributed by atoms with Crippen molar-refractivity contribution in [1.29, 1.82) is 0 Å². The van der Waals surface area contributed by atoms with E-state index < -0.39 is 5.60 Å². The molecular weight excluding hydrogens is 170 g/mol. The highest BCUT2D eigenvalue weighted by Gasteiger charge is 2.51. The summed E-state index contributed by atoms with van der Waals surface area (Å²) in [5.41, 5.74) is 5.39. The Morgan fingerprint density at radius 3 is 2.08 bits per heavy atom. The molecule has 3 N–H and O–H groups in total. The normalized spacial score (nSPS) is 32.5. The van der Waals surface area contributed by atoms with Crippen LogP contribution in [0.2, 0.25) is 0 Å². The monoisotopic (exact) mass is 187 g/mol. The van der Waals surface area contributed by atoms with E-state index in [-0.39, 0.29) is 5.54 Å². The van der Waals surface area contributed by atoms with Crippen LogP contribution in [0.25, 0.3) is 0 Å². The van der Waals surface area contributed by atoms with Crippen molar-refractivity contribution in [3.63, 3.8) is 0 Å². The molecule has 3 heteroatoms. The van der Waals surface area contributed by atoms with Crippen molar-refractivity contribution in [1.82, 2.24) is 0 Å². The van der Waals surface area contributed by atoms with Crippen LogP contribution >= 0.6 is 11.8 Å². The van der Waals surface area contributed by atoms with Gasteiger partial charge in [-0.1, -0.05) is 0 Å². The maximum Gasteiger partial charge on any atom is 0.0842 e. The zero-order valence-corrected chi connectivity index (χ0v) is 8.20. The molecule has 2 rings (SSSR count). The van der Waals surface area contributed by atoms with Crippen molar-refractivity contribution >= 4 is 11.8 Å². The van der Waals surface area contributed by atoms with Gasteiger partial charge in [0.05, 0.1) is 5.60 Å². The van der Waals surface area contributed by atoms with E-state index in [4.69, 9.17) is 5.73 Å². The number of rotatable bonds is 1. The second kappa shape index (κ2) is 2.89. The quantitative estimate of drug-likeness (QED) is 0.647. The van der Waals surface area contributed by atoms with Gasteiger partial charge in [-0.05, 0) is 43.6 Å². The average molecular weight is 187 g/mol. The van der Waals surface area contributed by atoms with Gasteiger partial charge >= 0.3 is 0 Å². The van der Waals surface area contributed by atoms with E-state index in [0.717, 1.165) is 37.2 Å². The topological polar surface area (TPSA) is 46.2 Å². The molecule has 1 saturated carbocycles. The summed E-state index contributed by atoms with van der Waals surface area (Å²) in [5.74, 6) is 2.16.